The zero-order valence-corrected chi connectivity index (χ0v) is 12.6. The fraction of sp³-hybridized carbons (Fsp3) is 0.538. The highest BCUT2D eigenvalue weighted by Gasteiger charge is 2.73. The smallest absolute Gasteiger partial charge is 0.218 e. The molecule has 0 saturated carbocycles. The SMILES string of the molecule is CCC(C)c1cc(Br)cc(C(F)(C(F)(F)F)C(F)(F)F)c1. The second-order valence-corrected chi connectivity index (χ2v) is 5.65. The molecule has 0 saturated heterocycles. The van der Waals surface area contributed by atoms with Gasteiger partial charge in [-0.15, -0.1) is 0 Å². The Morgan fingerprint density at radius 3 is 1.81 bits per heavy atom. The highest BCUT2D eigenvalue weighted by molar-refractivity contribution is 9.10. The minimum Gasteiger partial charge on any atom is -0.218 e. The average molecular weight is 381 g/mol. The van der Waals surface area contributed by atoms with Gasteiger partial charge < -0.3 is 0 Å². The van der Waals surface area contributed by atoms with E-state index < -0.39 is 23.6 Å². The standard InChI is InChI=1S/C13H12BrF7/c1-3-7(2)8-4-9(6-10(14)5-8)11(15,12(16,17)18)13(19,20)21/h4-7H,3H2,1-2H3. The lowest BCUT2D eigenvalue weighted by atomic mass is 9.89. The summed E-state index contributed by atoms with van der Waals surface area (Å²) in [5, 5.41) is 0. The lowest BCUT2D eigenvalue weighted by Gasteiger charge is -2.31. The molecule has 0 N–H and O–H groups in total. The molecule has 0 aliphatic rings. The third kappa shape index (κ3) is 3.35. The van der Waals surface area contributed by atoms with Crippen LogP contribution in [-0.4, -0.2) is 12.4 Å². The van der Waals surface area contributed by atoms with Gasteiger partial charge in [-0.3, -0.25) is 0 Å². The molecule has 120 valence electrons. The number of hydrogen-bond acceptors (Lipinski definition) is 0. The summed E-state index contributed by atoms with van der Waals surface area (Å²) < 4.78 is 90.3. The van der Waals surface area contributed by atoms with Gasteiger partial charge in [0.05, 0.1) is 0 Å². The number of alkyl halides is 7. The van der Waals surface area contributed by atoms with Crippen molar-refractivity contribution in [3.63, 3.8) is 0 Å². The largest absolute Gasteiger partial charge is 0.435 e. The van der Waals surface area contributed by atoms with E-state index in [1.54, 1.807) is 13.8 Å². The summed E-state index contributed by atoms with van der Waals surface area (Å²) in [5.41, 5.74) is -6.66. The lowest BCUT2D eigenvalue weighted by Crippen LogP contribution is -2.50. The summed E-state index contributed by atoms with van der Waals surface area (Å²) >= 11 is 2.84. The third-order valence-corrected chi connectivity index (χ3v) is 3.74. The van der Waals surface area contributed by atoms with E-state index in [4.69, 9.17) is 0 Å². The Bertz CT molecular complexity index is 490. The predicted octanol–water partition coefficient (Wildman–Crippen LogP) is 6.25. The molecule has 0 amide bonds. The molecule has 8 heteroatoms. The average Bonchev–Trinajstić information content (AvgIpc) is 2.33. The van der Waals surface area contributed by atoms with Crippen LogP contribution in [0.15, 0.2) is 22.7 Å². The van der Waals surface area contributed by atoms with Crippen molar-refractivity contribution >= 4 is 15.9 Å². The normalized spacial score (nSPS) is 15.1. The number of halogens is 8. The molecule has 0 heterocycles. The van der Waals surface area contributed by atoms with Crippen LogP contribution in [0, 0.1) is 0 Å². The van der Waals surface area contributed by atoms with Crippen LogP contribution in [0.4, 0.5) is 30.7 Å². The Morgan fingerprint density at radius 2 is 1.43 bits per heavy atom. The van der Waals surface area contributed by atoms with Crippen molar-refractivity contribution in [1.29, 1.82) is 0 Å². The molecule has 0 fully saturated rings. The maximum absolute atomic E-state index is 14.0. The van der Waals surface area contributed by atoms with E-state index >= 15 is 0 Å². The van der Waals surface area contributed by atoms with Gasteiger partial charge in [0.2, 0.25) is 0 Å². The molecule has 0 radical (unpaired) electrons. The molecule has 21 heavy (non-hydrogen) atoms. The summed E-state index contributed by atoms with van der Waals surface area (Å²) in [7, 11) is 0. The maximum Gasteiger partial charge on any atom is 0.435 e. The monoisotopic (exact) mass is 380 g/mol. The van der Waals surface area contributed by atoms with Crippen LogP contribution in [0.3, 0.4) is 0 Å². The molecule has 1 aromatic carbocycles. The topological polar surface area (TPSA) is 0 Å². The lowest BCUT2D eigenvalue weighted by molar-refractivity contribution is -0.348. The van der Waals surface area contributed by atoms with Gasteiger partial charge in [-0.1, -0.05) is 35.8 Å². The van der Waals surface area contributed by atoms with E-state index in [1.807, 2.05) is 0 Å². The molecular weight excluding hydrogens is 369 g/mol. The predicted molar refractivity (Wildman–Crippen MR) is 67.7 cm³/mol. The molecule has 0 aliphatic carbocycles. The Labute approximate surface area is 125 Å². The maximum atomic E-state index is 14.0. The van der Waals surface area contributed by atoms with Gasteiger partial charge in [0.25, 0.3) is 0 Å². The first kappa shape index (κ1) is 18.3. The summed E-state index contributed by atoms with van der Waals surface area (Å²) in [6, 6.07) is 2.51. The first-order chi connectivity index (χ1) is 9.34. The van der Waals surface area contributed by atoms with E-state index in [-0.39, 0.29) is 16.0 Å². The zero-order chi connectivity index (χ0) is 16.6. The summed E-state index contributed by atoms with van der Waals surface area (Å²) in [5.74, 6) is -0.299. The highest BCUT2D eigenvalue weighted by atomic mass is 79.9. The number of hydrogen-bond donors (Lipinski definition) is 0. The van der Waals surface area contributed by atoms with Crippen molar-refractivity contribution in [3.8, 4) is 0 Å². The van der Waals surface area contributed by atoms with Gasteiger partial charge in [-0.2, -0.15) is 26.3 Å². The van der Waals surface area contributed by atoms with Crippen LogP contribution in [0.2, 0.25) is 0 Å². The molecule has 0 spiro atoms. The molecule has 0 nitrogen and oxygen atoms in total. The summed E-state index contributed by atoms with van der Waals surface area (Å²) in [6.45, 7) is 3.36. The molecule has 1 aromatic rings. The van der Waals surface area contributed by atoms with Gasteiger partial charge in [-0.25, -0.2) is 4.39 Å². The molecule has 0 aromatic heterocycles. The van der Waals surface area contributed by atoms with Gasteiger partial charge >= 0.3 is 18.0 Å². The molecule has 1 unspecified atom stereocenters. The van der Waals surface area contributed by atoms with Gasteiger partial charge in [0.15, 0.2) is 0 Å². The van der Waals surface area contributed by atoms with E-state index in [0.29, 0.717) is 18.6 Å². The fourth-order valence-electron chi connectivity index (χ4n) is 1.82. The third-order valence-electron chi connectivity index (χ3n) is 3.28. The fourth-order valence-corrected chi connectivity index (χ4v) is 2.33. The minimum absolute atomic E-state index is 0.0363. The quantitative estimate of drug-likeness (QED) is 0.543. The van der Waals surface area contributed by atoms with Crippen LogP contribution in [-0.2, 0) is 5.67 Å². The summed E-state index contributed by atoms with van der Waals surface area (Å²) in [4.78, 5) is 0. The van der Waals surface area contributed by atoms with E-state index in [9.17, 15) is 30.7 Å². The number of benzene rings is 1. The van der Waals surface area contributed by atoms with Gasteiger partial charge in [0.1, 0.15) is 0 Å². The Kier molecular flexibility index (Phi) is 5.02. The first-order valence-electron chi connectivity index (χ1n) is 5.98. The van der Waals surface area contributed by atoms with Crippen LogP contribution >= 0.6 is 15.9 Å². The van der Waals surface area contributed by atoms with E-state index in [1.165, 1.54) is 6.07 Å². The second-order valence-electron chi connectivity index (χ2n) is 4.74. The van der Waals surface area contributed by atoms with Gasteiger partial charge in [0, 0.05) is 10.0 Å². The Morgan fingerprint density at radius 1 is 0.952 bits per heavy atom. The van der Waals surface area contributed by atoms with Crippen molar-refractivity contribution < 1.29 is 30.7 Å². The van der Waals surface area contributed by atoms with E-state index in [2.05, 4.69) is 15.9 Å². The molecule has 1 atom stereocenters. The van der Waals surface area contributed by atoms with Crippen LogP contribution in [0.5, 0.6) is 0 Å². The highest BCUT2D eigenvalue weighted by Crippen LogP contribution is 2.53. The first-order valence-corrected chi connectivity index (χ1v) is 6.77. The number of rotatable bonds is 3. The van der Waals surface area contributed by atoms with Crippen molar-refractivity contribution in [2.45, 2.75) is 44.2 Å². The Balaban J connectivity index is 3.58. The minimum atomic E-state index is -6.10. The molecular formula is C13H12BrF7. The van der Waals surface area contributed by atoms with Crippen molar-refractivity contribution in [2.75, 3.05) is 0 Å². The zero-order valence-electron chi connectivity index (χ0n) is 11.0. The molecule has 1 rings (SSSR count). The van der Waals surface area contributed by atoms with Crippen LogP contribution in [0.1, 0.15) is 37.3 Å². The van der Waals surface area contributed by atoms with Crippen molar-refractivity contribution in [3.05, 3.63) is 33.8 Å². The second kappa shape index (κ2) is 5.78. The van der Waals surface area contributed by atoms with Crippen LogP contribution < -0.4 is 0 Å². The molecule has 0 aliphatic heterocycles. The summed E-state index contributed by atoms with van der Waals surface area (Å²) in [6.07, 6.45) is -11.7. The van der Waals surface area contributed by atoms with Crippen LogP contribution in [0.25, 0.3) is 0 Å². The van der Waals surface area contributed by atoms with Crippen molar-refractivity contribution in [2.24, 2.45) is 0 Å². The van der Waals surface area contributed by atoms with Crippen molar-refractivity contribution in [1.82, 2.24) is 0 Å². The van der Waals surface area contributed by atoms with Gasteiger partial charge in [-0.05, 0) is 30.0 Å². The molecule has 0 bridgehead atoms. The van der Waals surface area contributed by atoms with E-state index in [0.717, 1.165) is 0 Å². The Hall–Kier alpha value is -0.790.